The van der Waals surface area contributed by atoms with Gasteiger partial charge >= 0.3 is 0 Å². The molecule has 0 bridgehead atoms. The number of guanidine groups is 1. The molecule has 0 amide bonds. The predicted molar refractivity (Wildman–Crippen MR) is 104 cm³/mol. The van der Waals surface area contributed by atoms with Crippen LogP contribution >= 0.6 is 0 Å². The second-order valence-corrected chi connectivity index (χ2v) is 5.68. The molecule has 3 N–H and O–H groups in total. The van der Waals surface area contributed by atoms with Crippen molar-refractivity contribution in [3.8, 4) is 17.2 Å². The predicted octanol–water partition coefficient (Wildman–Crippen LogP) is 2.71. The van der Waals surface area contributed by atoms with Crippen molar-refractivity contribution in [3.05, 3.63) is 53.6 Å². The molecule has 0 atom stereocenters. The number of aliphatic imine (C=N–C) groups is 1. The number of benzene rings is 2. The second-order valence-electron chi connectivity index (χ2n) is 5.68. The van der Waals surface area contributed by atoms with Crippen LogP contribution < -0.4 is 20.1 Å². The topological polar surface area (TPSA) is 75.1 Å². The number of hydrogen-bond donors (Lipinski definition) is 3. The first-order valence-electron chi connectivity index (χ1n) is 8.67. The minimum Gasteiger partial charge on any atom is -0.508 e. The Kier molecular flexibility index (Phi) is 7.61. The molecule has 0 heterocycles. The zero-order valence-electron chi connectivity index (χ0n) is 15.6. The van der Waals surface area contributed by atoms with Crippen molar-refractivity contribution in [2.75, 3.05) is 27.3 Å². The van der Waals surface area contributed by atoms with E-state index in [9.17, 15) is 5.11 Å². The number of methoxy groups -OCH3 is 2. The lowest BCUT2D eigenvalue weighted by Crippen LogP contribution is -2.38. The smallest absolute Gasteiger partial charge is 0.191 e. The normalized spacial score (nSPS) is 11.1. The standard InChI is InChI=1S/C20H27N3O3/c1-4-21-20(22-12-11-15-7-5-6-8-19(15)26-3)23-14-16-13-17(25-2)9-10-18(16)24/h5-10,13,24H,4,11-12,14H2,1-3H3,(H2,21,22,23). The molecule has 0 aliphatic rings. The molecule has 2 rings (SSSR count). The maximum atomic E-state index is 9.98. The fourth-order valence-corrected chi connectivity index (χ4v) is 2.55. The Hall–Kier alpha value is -2.89. The number of aromatic hydroxyl groups is 1. The molecule has 0 radical (unpaired) electrons. The summed E-state index contributed by atoms with van der Waals surface area (Å²) in [5, 5.41) is 16.5. The van der Waals surface area contributed by atoms with Gasteiger partial charge in [0, 0.05) is 18.7 Å². The van der Waals surface area contributed by atoms with Crippen molar-refractivity contribution in [1.82, 2.24) is 10.6 Å². The summed E-state index contributed by atoms with van der Waals surface area (Å²) in [6, 6.07) is 13.1. The summed E-state index contributed by atoms with van der Waals surface area (Å²) in [5.74, 6) is 2.49. The van der Waals surface area contributed by atoms with Gasteiger partial charge in [-0.1, -0.05) is 18.2 Å². The van der Waals surface area contributed by atoms with E-state index in [-0.39, 0.29) is 5.75 Å². The Morgan fingerprint density at radius 3 is 2.58 bits per heavy atom. The SMILES string of the molecule is CCNC(=NCc1cc(OC)ccc1O)NCCc1ccccc1OC. The van der Waals surface area contributed by atoms with Gasteiger partial charge in [0.15, 0.2) is 5.96 Å². The number of hydrogen-bond acceptors (Lipinski definition) is 4. The van der Waals surface area contributed by atoms with Gasteiger partial charge in [-0.2, -0.15) is 0 Å². The molecular formula is C20H27N3O3. The molecule has 0 aliphatic heterocycles. The lowest BCUT2D eigenvalue weighted by atomic mass is 10.1. The number of phenols is 1. The number of para-hydroxylation sites is 1. The van der Waals surface area contributed by atoms with Crippen LogP contribution in [0.5, 0.6) is 17.2 Å². The maximum absolute atomic E-state index is 9.98. The second kappa shape index (κ2) is 10.2. The molecule has 2 aromatic rings. The van der Waals surface area contributed by atoms with Gasteiger partial charge < -0.3 is 25.2 Å². The van der Waals surface area contributed by atoms with Crippen molar-refractivity contribution < 1.29 is 14.6 Å². The van der Waals surface area contributed by atoms with E-state index in [2.05, 4.69) is 21.7 Å². The summed E-state index contributed by atoms with van der Waals surface area (Å²) in [6.45, 7) is 3.84. The molecule has 0 spiro atoms. The van der Waals surface area contributed by atoms with Crippen LogP contribution in [0.25, 0.3) is 0 Å². The van der Waals surface area contributed by atoms with Crippen molar-refractivity contribution in [2.24, 2.45) is 4.99 Å². The Morgan fingerprint density at radius 2 is 1.85 bits per heavy atom. The molecule has 140 valence electrons. The van der Waals surface area contributed by atoms with E-state index >= 15 is 0 Å². The summed E-state index contributed by atoms with van der Waals surface area (Å²) in [7, 11) is 3.28. The summed E-state index contributed by atoms with van der Waals surface area (Å²) in [4.78, 5) is 4.54. The molecule has 2 aromatic carbocycles. The van der Waals surface area contributed by atoms with Gasteiger partial charge in [0.1, 0.15) is 17.2 Å². The summed E-state index contributed by atoms with van der Waals surface area (Å²) >= 11 is 0. The average Bonchev–Trinajstić information content (AvgIpc) is 2.67. The minimum absolute atomic E-state index is 0.208. The van der Waals surface area contributed by atoms with Crippen LogP contribution in [0.3, 0.4) is 0 Å². The molecular weight excluding hydrogens is 330 g/mol. The van der Waals surface area contributed by atoms with Crippen LogP contribution in [-0.2, 0) is 13.0 Å². The molecule has 0 saturated heterocycles. The molecule has 0 aliphatic carbocycles. The highest BCUT2D eigenvalue weighted by molar-refractivity contribution is 5.79. The zero-order valence-corrected chi connectivity index (χ0v) is 15.6. The first-order chi connectivity index (χ1) is 12.7. The summed E-state index contributed by atoms with van der Waals surface area (Å²) < 4.78 is 10.6. The van der Waals surface area contributed by atoms with Crippen LogP contribution in [-0.4, -0.2) is 38.4 Å². The molecule has 0 fully saturated rings. The van der Waals surface area contributed by atoms with Crippen molar-refractivity contribution in [2.45, 2.75) is 19.9 Å². The van der Waals surface area contributed by atoms with Crippen LogP contribution in [0.15, 0.2) is 47.5 Å². The molecule has 6 heteroatoms. The van der Waals surface area contributed by atoms with Gasteiger partial charge in [0.2, 0.25) is 0 Å². The zero-order chi connectivity index (χ0) is 18.8. The van der Waals surface area contributed by atoms with Gasteiger partial charge in [0.05, 0.1) is 20.8 Å². The first-order valence-corrected chi connectivity index (χ1v) is 8.67. The van der Waals surface area contributed by atoms with Crippen molar-refractivity contribution in [1.29, 1.82) is 0 Å². The van der Waals surface area contributed by atoms with E-state index < -0.39 is 0 Å². The highest BCUT2D eigenvalue weighted by Gasteiger charge is 2.05. The number of nitrogens with zero attached hydrogens (tertiary/aromatic N) is 1. The molecule has 0 aromatic heterocycles. The quantitative estimate of drug-likeness (QED) is 0.500. The van der Waals surface area contributed by atoms with Crippen molar-refractivity contribution >= 4 is 5.96 Å². The Bertz CT molecular complexity index is 732. The van der Waals surface area contributed by atoms with Gasteiger partial charge in [-0.3, -0.25) is 0 Å². The lowest BCUT2D eigenvalue weighted by Gasteiger charge is -2.13. The minimum atomic E-state index is 0.208. The maximum Gasteiger partial charge on any atom is 0.191 e. The van der Waals surface area contributed by atoms with Crippen LogP contribution in [0.4, 0.5) is 0 Å². The van der Waals surface area contributed by atoms with Gasteiger partial charge in [0.25, 0.3) is 0 Å². The fourth-order valence-electron chi connectivity index (χ4n) is 2.55. The van der Waals surface area contributed by atoms with Gasteiger partial charge in [-0.05, 0) is 43.2 Å². The van der Waals surface area contributed by atoms with E-state index in [1.165, 1.54) is 0 Å². The fraction of sp³-hybridized carbons (Fsp3) is 0.350. The summed E-state index contributed by atoms with van der Waals surface area (Å²) in [5.41, 5.74) is 1.86. The Balaban J connectivity index is 1.98. The van der Waals surface area contributed by atoms with Crippen LogP contribution in [0.2, 0.25) is 0 Å². The Labute approximate surface area is 154 Å². The number of rotatable bonds is 8. The van der Waals surface area contributed by atoms with Gasteiger partial charge in [-0.15, -0.1) is 0 Å². The monoisotopic (exact) mass is 357 g/mol. The molecule has 0 saturated carbocycles. The Morgan fingerprint density at radius 1 is 1.04 bits per heavy atom. The summed E-state index contributed by atoms with van der Waals surface area (Å²) in [6.07, 6.45) is 0.818. The third-order valence-electron chi connectivity index (χ3n) is 3.92. The van der Waals surface area contributed by atoms with E-state index in [1.54, 1.807) is 32.4 Å². The first kappa shape index (κ1) is 19.4. The highest BCUT2D eigenvalue weighted by Crippen LogP contribution is 2.23. The highest BCUT2D eigenvalue weighted by atomic mass is 16.5. The third-order valence-corrected chi connectivity index (χ3v) is 3.92. The molecule has 6 nitrogen and oxygen atoms in total. The van der Waals surface area contributed by atoms with E-state index in [4.69, 9.17) is 9.47 Å². The lowest BCUT2D eigenvalue weighted by molar-refractivity contribution is 0.409. The van der Waals surface area contributed by atoms with Crippen LogP contribution in [0, 0.1) is 0 Å². The number of nitrogens with one attached hydrogen (secondary N) is 2. The van der Waals surface area contributed by atoms with E-state index in [1.807, 2.05) is 25.1 Å². The largest absolute Gasteiger partial charge is 0.508 e. The number of ether oxygens (including phenoxy) is 2. The van der Waals surface area contributed by atoms with E-state index in [0.29, 0.717) is 23.8 Å². The van der Waals surface area contributed by atoms with Crippen LogP contribution in [0.1, 0.15) is 18.1 Å². The molecule has 26 heavy (non-hydrogen) atoms. The molecule has 0 unspecified atom stereocenters. The third kappa shape index (κ3) is 5.58. The number of phenolic OH excluding ortho intramolecular Hbond substituents is 1. The van der Waals surface area contributed by atoms with Crippen molar-refractivity contribution in [3.63, 3.8) is 0 Å². The van der Waals surface area contributed by atoms with E-state index in [0.717, 1.165) is 30.8 Å². The average molecular weight is 357 g/mol. The van der Waals surface area contributed by atoms with Gasteiger partial charge in [-0.25, -0.2) is 4.99 Å².